The fourth-order valence-corrected chi connectivity index (χ4v) is 1.90. The van der Waals surface area contributed by atoms with Crippen LogP contribution in [0.4, 0.5) is 5.82 Å². The number of hydrogen-bond donors (Lipinski definition) is 2. The van der Waals surface area contributed by atoms with Crippen LogP contribution in [-0.4, -0.2) is 28.2 Å². The van der Waals surface area contributed by atoms with Gasteiger partial charge in [0.1, 0.15) is 18.2 Å². The summed E-state index contributed by atoms with van der Waals surface area (Å²) >= 11 is 0. The van der Waals surface area contributed by atoms with Crippen LogP contribution < -0.4 is 10.1 Å². The molecule has 2 N–H and O–H groups in total. The first-order valence-corrected chi connectivity index (χ1v) is 7.20. The van der Waals surface area contributed by atoms with Crippen molar-refractivity contribution in [2.75, 3.05) is 18.5 Å². The molecule has 0 atom stereocenters. The zero-order valence-electron chi connectivity index (χ0n) is 12.2. The van der Waals surface area contributed by atoms with Gasteiger partial charge < -0.3 is 15.2 Å². The van der Waals surface area contributed by atoms with Crippen LogP contribution in [0.3, 0.4) is 0 Å². The predicted octanol–water partition coefficient (Wildman–Crippen LogP) is 2.41. The van der Waals surface area contributed by atoms with Gasteiger partial charge in [-0.2, -0.15) is 0 Å². The Kier molecular flexibility index (Phi) is 5.97. The molecule has 0 spiro atoms. The summed E-state index contributed by atoms with van der Waals surface area (Å²) in [5.41, 5.74) is 1.77. The van der Waals surface area contributed by atoms with Crippen molar-refractivity contribution >= 4 is 5.82 Å². The first-order chi connectivity index (χ1) is 10.3. The van der Waals surface area contributed by atoms with Crippen molar-refractivity contribution in [1.82, 2.24) is 9.97 Å². The van der Waals surface area contributed by atoms with Gasteiger partial charge in [-0.3, -0.25) is 4.98 Å². The lowest BCUT2D eigenvalue weighted by Crippen LogP contribution is -2.05. The second-order valence-corrected chi connectivity index (χ2v) is 4.69. The van der Waals surface area contributed by atoms with E-state index in [1.807, 2.05) is 24.3 Å². The molecule has 2 rings (SSSR count). The number of nitrogens with one attached hydrogen (secondary N) is 1. The predicted molar refractivity (Wildman–Crippen MR) is 82.4 cm³/mol. The summed E-state index contributed by atoms with van der Waals surface area (Å²) in [6, 6.07) is 7.70. The van der Waals surface area contributed by atoms with E-state index in [1.165, 1.54) is 0 Å². The molecule has 0 unspecified atom stereocenters. The topological polar surface area (TPSA) is 67.3 Å². The molecule has 5 heteroatoms. The molecule has 21 heavy (non-hydrogen) atoms. The van der Waals surface area contributed by atoms with Gasteiger partial charge in [0.2, 0.25) is 0 Å². The number of benzene rings is 1. The summed E-state index contributed by atoms with van der Waals surface area (Å²) < 4.78 is 5.76. The number of aromatic nitrogens is 2. The highest BCUT2D eigenvalue weighted by Crippen LogP contribution is 2.19. The van der Waals surface area contributed by atoms with Crippen LogP contribution in [0.25, 0.3) is 0 Å². The Balaban J connectivity index is 1.93. The molecule has 0 amide bonds. The largest absolute Gasteiger partial charge is 0.487 e. The van der Waals surface area contributed by atoms with E-state index in [4.69, 9.17) is 9.84 Å². The number of aliphatic hydroxyl groups is 1. The zero-order chi connectivity index (χ0) is 14.9. The molecule has 5 nitrogen and oxygen atoms in total. The van der Waals surface area contributed by atoms with Crippen LogP contribution in [-0.2, 0) is 13.0 Å². The maximum absolute atomic E-state index is 9.05. The summed E-state index contributed by atoms with van der Waals surface area (Å²) in [6.45, 7) is 3.47. The van der Waals surface area contributed by atoms with E-state index in [9.17, 15) is 0 Å². The minimum atomic E-state index is 0.109. The van der Waals surface area contributed by atoms with Gasteiger partial charge in [0.25, 0.3) is 0 Å². The highest BCUT2D eigenvalue weighted by Gasteiger charge is 2.04. The average molecular weight is 287 g/mol. The van der Waals surface area contributed by atoms with Gasteiger partial charge in [0, 0.05) is 13.2 Å². The van der Waals surface area contributed by atoms with Crippen molar-refractivity contribution in [3.63, 3.8) is 0 Å². The van der Waals surface area contributed by atoms with Crippen molar-refractivity contribution in [3.8, 4) is 5.75 Å². The Labute approximate surface area is 125 Å². The van der Waals surface area contributed by atoms with Crippen molar-refractivity contribution in [2.24, 2.45) is 0 Å². The van der Waals surface area contributed by atoms with E-state index < -0.39 is 0 Å². The third kappa shape index (κ3) is 4.72. The third-order valence-electron chi connectivity index (χ3n) is 2.99. The second kappa shape index (κ2) is 8.21. The molecule has 1 heterocycles. The Morgan fingerprint density at radius 2 is 2.05 bits per heavy atom. The van der Waals surface area contributed by atoms with Gasteiger partial charge in [0.05, 0.1) is 18.1 Å². The standard InChI is InChI=1S/C16H21N3O2/c1-2-8-17-16-11-18-14(10-19-16)12-21-15-6-4-3-5-13(15)7-9-20/h3-6,10-11,20H,2,7-9,12H2,1H3,(H,17,19). The van der Waals surface area contributed by atoms with Crippen molar-refractivity contribution in [2.45, 2.75) is 26.4 Å². The lowest BCUT2D eigenvalue weighted by molar-refractivity contribution is 0.281. The number of ether oxygens (including phenoxy) is 1. The minimum absolute atomic E-state index is 0.109. The third-order valence-corrected chi connectivity index (χ3v) is 2.99. The number of aliphatic hydroxyl groups excluding tert-OH is 1. The quantitative estimate of drug-likeness (QED) is 0.780. The molecule has 2 aromatic rings. The van der Waals surface area contributed by atoms with E-state index in [2.05, 4.69) is 22.2 Å². The van der Waals surface area contributed by atoms with Crippen LogP contribution in [0.5, 0.6) is 5.75 Å². The van der Waals surface area contributed by atoms with E-state index in [0.717, 1.165) is 35.8 Å². The first-order valence-electron chi connectivity index (χ1n) is 7.20. The van der Waals surface area contributed by atoms with Gasteiger partial charge >= 0.3 is 0 Å². The van der Waals surface area contributed by atoms with Crippen LogP contribution in [0, 0.1) is 0 Å². The number of hydrogen-bond acceptors (Lipinski definition) is 5. The van der Waals surface area contributed by atoms with Gasteiger partial charge in [-0.15, -0.1) is 0 Å². The van der Waals surface area contributed by atoms with Gasteiger partial charge in [-0.25, -0.2) is 4.98 Å². The average Bonchev–Trinajstić information content (AvgIpc) is 2.53. The molecular formula is C16H21N3O2. The van der Waals surface area contributed by atoms with Gasteiger partial charge in [0.15, 0.2) is 0 Å². The minimum Gasteiger partial charge on any atom is -0.487 e. The normalized spacial score (nSPS) is 10.4. The van der Waals surface area contributed by atoms with E-state index in [-0.39, 0.29) is 6.61 Å². The molecule has 1 aromatic heterocycles. The molecular weight excluding hydrogens is 266 g/mol. The number of rotatable bonds is 8. The number of para-hydroxylation sites is 1. The summed E-state index contributed by atoms with van der Waals surface area (Å²) in [5.74, 6) is 1.56. The molecule has 0 aliphatic carbocycles. The molecule has 112 valence electrons. The Hall–Kier alpha value is -2.14. The lowest BCUT2D eigenvalue weighted by atomic mass is 10.1. The maximum Gasteiger partial charge on any atom is 0.144 e. The zero-order valence-corrected chi connectivity index (χ0v) is 12.2. The first kappa shape index (κ1) is 15.3. The molecule has 0 aliphatic heterocycles. The lowest BCUT2D eigenvalue weighted by Gasteiger charge is -2.10. The monoisotopic (exact) mass is 287 g/mol. The van der Waals surface area contributed by atoms with Crippen LogP contribution in [0.2, 0.25) is 0 Å². The molecule has 0 saturated carbocycles. The van der Waals surface area contributed by atoms with Crippen LogP contribution in [0.1, 0.15) is 24.6 Å². The molecule has 0 saturated heterocycles. The van der Waals surface area contributed by atoms with Crippen molar-refractivity contribution < 1.29 is 9.84 Å². The van der Waals surface area contributed by atoms with Crippen LogP contribution in [0.15, 0.2) is 36.7 Å². The Bertz CT molecular complexity index is 543. The van der Waals surface area contributed by atoms with Gasteiger partial charge in [-0.05, 0) is 24.5 Å². The van der Waals surface area contributed by atoms with Crippen molar-refractivity contribution in [3.05, 3.63) is 47.9 Å². The molecule has 0 bridgehead atoms. The summed E-state index contributed by atoms with van der Waals surface area (Å²) in [4.78, 5) is 8.62. The summed E-state index contributed by atoms with van der Waals surface area (Å²) in [5, 5.41) is 12.2. The van der Waals surface area contributed by atoms with E-state index >= 15 is 0 Å². The SMILES string of the molecule is CCCNc1cnc(COc2ccccc2CCO)cn1. The number of nitrogens with zero attached hydrogens (tertiary/aromatic N) is 2. The summed E-state index contributed by atoms with van der Waals surface area (Å²) in [6.07, 6.45) is 5.07. The fourth-order valence-electron chi connectivity index (χ4n) is 1.90. The number of anilines is 1. The summed E-state index contributed by atoms with van der Waals surface area (Å²) in [7, 11) is 0. The molecule has 0 radical (unpaired) electrons. The van der Waals surface area contributed by atoms with Crippen LogP contribution >= 0.6 is 0 Å². The highest BCUT2D eigenvalue weighted by atomic mass is 16.5. The highest BCUT2D eigenvalue weighted by molar-refractivity contribution is 5.34. The molecule has 0 aliphatic rings. The van der Waals surface area contributed by atoms with Crippen molar-refractivity contribution in [1.29, 1.82) is 0 Å². The van der Waals surface area contributed by atoms with E-state index in [0.29, 0.717) is 13.0 Å². The van der Waals surface area contributed by atoms with E-state index in [1.54, 1.807) is 12.4 Å². The molecule has 0 fully saturated rings. The second-order valence-electron chi connectivity index (χ2n) is 4.69. The fraction of sp³-hybridized carbons (Fsp3) is 0.375. The Morgan fingerprint density at radius 3 is 2.76 bits per heavy atom. The smallest absolute Gasteiger partial charge is 0.144 e. The maximum atomic E-state index is 9.05. The Morgan fingerprint density at radius 1 is 1.19 bits per heavy atom. The molecule has 1 aromatic carbocycles. The van der Waals surface area contributed by atoms with Gasteiger partial charge in [-0.1, -0.05) is 25.1 Å².